The maximum atomic E-state index is 9.64. The number of aromatic hydroxyl groups is 1. The summed E-state index contributed by atoms with van der Waals surface area (Å²) in [6.45, 7) is 2.93. The van der Waals surface area contributed by atoms with Crippen molar-refractivity contribution in [1.29, 1.82) is 0 Å². The van der Waals surface area contributed by atoms with Crippen LogP contribution in [0.15, 0.2) is 41.9 Å². The number of hydrogen-bond acceptors (Lipinski definition) is 4. The molecule has 0 radical (unpaired) electrons. The first-order chi connectivity index (χ1) is 9.78. The topological polar surface area (TPSA) is 45.2 Å². The highest BCUT2D eigenvalue weighted by molar-refractivity contribution is 7.10. The van der Waals surface area contributed by atoms with Gasteiger partial charge in [-0.2, -0.15) is 0 Å². The molecule has 0 saturated carbocycles. The Kier molecular flexibility index (Phi) is 3.56. The molecule has 0 spiro atoms. The zero-order chi connectivity index (χ0) is 13.9. The Morgan fingerprint density at radius 3 is 3.00 bits per heavy atom. The van der Waals surface area contributed by atoms with E-state index >= 15 is 0 Å². The van der Waals surface area contributed by atoms with Gasteiger partial charge in [0.05, 0.1) is 6.54 Å². The molecule has 0 aliphatic heterocycles. The molecular weight excluding hydrogens is 268 g/mol. The second-order valence-electron chi connectivity index (χ2n) is 4.64. The predicted molar refractivity (Wildman–Crippen MR) is 84.4 cm³/mol. The average molecular weight is 284 g/mol. The lowest BCUT2D eigenvalue weighted by Gasteiger charge is -2.09. The number of pyridine rings is 1. The molecule has 0 aliphatic carbocycles. The van der Waals surface area contributed by atoms with E-state index in [0.29, 0.717) is 0 Å². The van der Waals surface area contributed by atoms with Gasteiger partial charge in [-0.05, 0) is 47.0 Å². The summed E-state index contributed by atoms with van der Waals surface area (Å²) in [6, 6.07) is 9.47. The second-order valence-corrected chi connectivity index (χ2v) is 5.64. The van der Waals surface area contributed by atoms with Crippen LogP contribution in [0.3, 0.4) is 0 Å². The van der Waals surface area contributed by atoms with Gasteiger partial charge >= 0.3 is 0 Å². The largest absolute Gasteiger partial charge is 0.508 e. The Balaban J connectivity index is 1.89. The number of benzene rings is 1. The third-order valence-corrected chi connectivity index (χ3v) is 4.35. The molecule has 0 atom stereocenters. The lowest BCUT2D eigenvalue weighted by atomic mass is 10.1. The number of anilines is 1. The van der Waals surface area contributed by atoms with Crippen LogP contribution in [0.2, 0.25) is 0 Å². The van der Waals surface area contributed by atoms with Gasteiger partial charge in [0.25, 0.3) is 0 Å². The number of hydrogen-bond donors (Lipinski definition) is 2. The Morgan fingerprint density at radius 2 is 2.15 bits per heavy atom. The van der Waals surface area contributed by atoms with Crippen LogP contribution in [0.5, 0.6) is 5.75 Å². The van der Waals surface area contributed by atoms with Crippen molar-refractivity contribution >= 4 is 27.9 Å². The molecule has 2 heterocycles. The standard InChI is InChI=1S/C16H16N2OS/c1-2-11-6-8-20-15(11)10-18-16-14-9-13(19)4-3-12(14)5-7-17-16/h3-9,19H,2,10H2,1H3,(H,17,18). The summed E-state index contributed by atoms with van der Waals surface area (Å²) in [5, 5.41) is 17.2. The van der Waals surface area contributed by atoms with E-state index < -0.39 is 0 Å². The quantitative estimate of drug-likeness (QED) is 0.755. The van der Waals surface area contributed by atoms with Crippen LogP contribution >= 0.6 is 11.3 Å². The van der Waals surface area contributed by atoms with E-state index in [0.717, 1.165) is 29.6 Å². The minimum Gasteiger partial charge on any atom is -0.508 e. The van der Waals surface area contributed by atoms with E-state index in [1.54, 1.807) is 29.7 Å². The normalized spacial score (nSPS) is 10.8. The molecule has 102 valence electrons. The van der Waals surface area contributed by atoms with Crippen LogP contribution in [-0.4, -0.2) is 10.1 Å². The third kappa shape index (κ3) is 2.47. The first-order valence-corrected chi connectivity index (χ1v) is 7.52. The summed E-state index contributed by atoms with van der Waals surface area (Å²) in [5.74, 6) is 1.08. The number of aromatic nitrogens is 1. The van der Waals surface area contributed by atoms with Crippen molar-refractivity contribution < 1.29 is 5.11 Å². The first kappa shape index (κ1) is 12.9. The molecule has 0 aliphatic rings. The Morgan fingerprint density at radius 1 is 1.25 bits per heavy atom. The lowest BCUT2D eigenvalue weighted by molar-refractivity contribution is 0.476. The third-order valence-electron chi connectivity index (χ3n) is 3.38. The van der Waals surface area contributed by atoms with Crippen LogP contribution in [0, 0.1) is 0 Å². The van der Waals surface area contributed by atoms with Gasteiger partial charge in [0.1, 0.15) is 11.6 Å². The van der Waals surface area contributed by atoms with Gasteiger partial charge in [-0.15, -0.1) is 11.3 Å². The number of phenolic OH excluding ortho intramolecular Hbond substituents is 1. The van der Waals surface area contributed by atoms with Gasteiger partial charge in [0.15, 0.2) is 0 Å². The van der Waals surface area contributed by atoms with E-state index in [-0.39, 0.29) is 5.75 Å². The predicted octanol–water partition coefficient (Wildman–Crippen LogP) is 4.18. The molecule has 0 saturated heterocycles. The molecule has 20 heavy (non-hydrogen) atoms. The number of thiophene rings is 1. The highest BCUT2D eigenvalue weighted by Gasteiger charge is 2.06. The maximum Gasteiger partial charge on any atom is 0.134 e. The molecule has 0 unspecified atom stereocenters. The maximum absolute atomic E-state index is 9.64. The molecule has 1 aromatic carbocycles. The van der Waals surface area contributed by atoms with E-state index in [4.69, 9.17) is 0 Å². The van der Waals surface area contributed by atoms with Crippen molar-refractivity contribution in [3.63, 3.8) is 0 Å². The Hall–Kier alpha value is -2.07. The number of aryl methyl sites for hydroxylation is 1. The van der Waals surface area contributed by atoms with E-state index in [1.807, 2.05) is 12.1 Å². The molecule has 3 aromatic rings. The van der Waals surface area contributed by atoms with Crippen molar-refractivity contribution in [3.05, 3.63) is 52.3 Å². The summed E-state index contributed by atoms with van der Waals surface area (Å²) >= 11 is 1.76. The van der Waals surface area contributed by atoms with Crippen molar-refractivity contribution in [3.8, 4) is 5.75 Å². The fourth-order valence-electron chi connectivity index (χ4n) is 2.30. The molecule has 3 nitrogen and oxygen atoms in total. The molecule has 2 aromatic heterocycles. The van der Waals surface area contributed by atoms with Gasteiger partial charge in [-0.1, -0.05) is 13.0 Å². The average Bonchev–Trinajstić information content (AvgIpc) is 2.92. The highest BCUT2D eigenvalue weighted by atomic mass is 32.1. The zero-order valence-electron chi connectivity index (χ0n) is 11.3. The molecule has 2 N–H and O–H groups in total. The van der Waals surface area contributed by atoms with Crippen LogP contribution in [0.4, 0.5) is 5.82 Å². The van der Waals surface area contributed by atoms with Crippen LogP contribution < -0.4 is 5.32 Å². The van der Waals surface area contributed by atoms with Gasteiger partial charge in [-0.25, -0.2) is 4.98 Å². The van der Waals surface area contributed by atoms with E-state index in [1.165, 1.54) is 10.4 Å². The number of fused-ring (bicyclic) bond motifs is 1. The fraction of sp³-hybridized carbons (Fsp3) is 0.188. The van der Waals surface area contributed by atoms with Crippen LogP contribution in [0.25, 0.3) is 10.8 Å². The molecule has 3 rings (SSSR count). The smallest absolute Gasteiger partial charge is 0.134 e. The molecule has 0 amide bonds. The highest BCUT2D eigenvalue weighted by Crippen LogP contribution is 2.26. The SMILES string of the molecule is CCc1ccsc1CNc1nccc2ccc(O)cc12. The fourth-order valence-corrected chi connectivity index (χ4v) is 3.21. The Labute approximate surface area is 121 Å². The van der Waals surface area contributed by atoms with Gasteiger partial charge in [0, 0.05) is 16.5 Å². The van der Waals surface area contributed by atoms with Crippen LogP contribution in [0.1, 0.15) is 17.4 Å². The number of nitrogens with zero attached hydrogens (tertiary/aromatic N) is 1. The molecule has 0 bridgehead atoms. The van der Waals surface area contributed by atoms with Crippen molar-refractivity contribution in [2.75, 3.05) is 5.32 Å². The summed E-state index contributed by atoms with van der Waals surface area (Å²) in [6.07, 6.45) is 2.83. The number of phenols is 1. The zero-order valence-corrected chi connectivity index (χ0v) is 12.1. The van der Waals surface area contributed by atoms with Crippen LogP contribution in [-0.2, 0) is 13.0 Å². The molecular formula is C16H16N2OS. The van der Waals surface area contributed by atoms with E-state index in [2.05, 4.69) is 28.7 Å². The Bertz CT molecular complexity index is 736. The van der Waals surface area contributed by atoms with Crippen molar-refractivity contribution in [1.82, 2.24) is 4.98 Å². The molecule has 4 heteroatoms. The van der Waals surface area contributed by atoms with Crippen molar-refractivity contribution in [2.45, 2.75) is 19.9 Å². The van der Waals surface area contributed by atoms with Gasteiger partial charge in [0.2, 0.25) is 0 Å². The lowest BCUT2D eigenvalue weighted by Crippen LogP contribution is -2.02. The molecule has 0 fully saturated rings. The summed E-state index contributed by atoms with van der Waals surface area (Å²) in [5.41, 5.74) is 1.38. The monoisotopic (exact) mass is 284 g/mol. The van der Waals surface area contributed by atoms with Crippen molar-refractivity contribution in [2.24, 2.45) is 0 Å². The summed E-state index contributed by atoms with van der Waals surface area (Å²) in [4.78, 5) is 5.72. The van der Waals surface area contributed by atoms with Gasteiger partial charge < -0.3 is 10.4 Å². The minimum absolute atomic E-state index is 0.263. The van der Waals surface area contributed by atoms with E-state index in [9.17, 15) is 5.11 Å². The van der Waals surface area contributed by atoms with Gasteiger partial charge in [-0.3, -0.25) is 0 Å². The second kappa shape index (κ2) is 5.51. The summed E-state index contributed by atoms with van der Waals surface area (Å²) < 4.78 is 0. The first-order valence-electron chi connectivity index (χ1n) is 6.65. The number of nitrogens with one attached hydrogen (secondary N) is 1. The number of rotatable bonds is 4. The summed E-state index contributed by atoms with van der Waals surface area (Å²) in [7, 11) is 0. The minimum atomic E-state index is 0.263.